The van der Waals surface area contributed by atoms with Crippen molar-refractivity contribution in [3.8, 4) is 17.1 Å². The average Bonchev–Trinajstić information content (AvgIpc) is 3.23. The van der Waals surface area contributed by atoms with Gasteiger partial charge in [-0.25, -0.2) is 4.98 Å². The highest BCUT2D eigenvalue weighted by molar-refractivity contribution is 9.10. The molecule has 152 valence electrons. The van der Waals surface area contributed by atoms with Crippen LogP contribution in [0.3, 0.4) is 0 Å². The molecule has 0 saturated carbocycles. The SMILES string of the molecule is CC(C)c1nc(-c2ccccc2NC(=O)COc2ccc3cc(Br)ccc3c2)n[nH]1. The molecule has 0 aliphatic carbocycles. The van der Waals surface area contributed by atoms with E-state index in [2.05, 4.69) is 36.4 Å². The zero-order chi connectivity index (χ0) is 21.1. The minimum absolute atomic E-state index is 0.0956. The van der Waals surface area contributed by atoms with E-state index < -0.39 is 0 Å². The monoisotopic (exact) mass is 464 g/mol. The summed E-state index contributed by atoms with van der Waals surface area (Å²) in [4.78, 5) is 17.0. The lowest BCUT2D eigenvalue weighted by molar-refractivity contribution is -0.118. The Morgan fingerprint density at radius 2 is 1.87 bits per heavy atom. The van der Waals surface area contributed by atoms with Gasteiger partial charge in [0.2, 0.25) is 0 Å². The fourth-order valence-corrected chi connectivity index (χ4v) is 3.44. The van der Waals surface area contributed by atoms with Crippen molar-refractivity contribution in [2.75, 3.05) is 11.9 Å². The Bertz CT molecular complexity index is 1200. The zero-order valence-corrected chi connectivity index (χ0v) is 18.2. The number of carbonyl (C=O) groups excluding carboxylic acids is 1. The number of nitrogens with one attached hydrogen (secondary N) is 2. The number of hydrogen-bond acceptors (Lipinski definition) is 4. The lowest BCUT2D eigenvalue weighted by Gasteiger charge is -2.10. The summed E-state index contributed by atoms with van der Waals surface area (Å²) in [6, 6.07) is 19.2. The van der Waals surface area contributed by atoms with Gasteiger partial charge in [-0.1, -0.05) is 54.0 Å². The molecule has 4 rings (SSSR count). The first-order valence-electron chi connectivity index (χ1n) is 9.63. The second-order valence-corrected chi connectivity index (χ2v) is 8.15. The van der Waals surface area contributed by atoms with Gasteiger partial charge in [0.25, 0.3) is 5.91 Å². The molecule has 30 heavy (non-hydrogen) atoms. The number of ether oxygens (including phenoxy) is 1. The number of carbonyl (C=O) groups is 1. The molecule has 0 unspecified atom stereocenters. The van der Waals surface area contributed by atoms with Crippen LogP contribution in [0.4, 0.5) is 5.69 Å². The molecule has 2 N–H and O–H groups in total. The third kappa shape index (κ3) is 4.52. The average molecular weight is 465 g/mol. The van der Waals surface area contributed by atoms with Crippen molar-refractivity contribution in [1.82, 2.24) is 15.2 Å². The fraction of sp³-hybridized carbons (Fsp3) is 0.174. The Labute approximate surface area is 182 Å². The molecular formula is C23H21BrN4O2. The van der Waals surface area contributed by atoms with Gasteiger partial charge in [0.1, 0.15) is 11.6 Å². The van der Waals surface area contributed by atoms with E-state index >= 15 is 0 Å². The summed E-state index contributed by atoms with van der Waals surface area (Å²) < 4.78 is 6.72. The summed E-state index contributed by atoms with van der Waals surface area (Å²) in [6.07, 6.45) is 0. The normalized spacial score (nSPS) is 11.1. The van der Waals surface area contributed by atoms with Crippen molar-refractivity contribution in [2.45, 2.75) is 19.8 Å². The number of hydrogen-bond donors (Lipinski definition) is 2. The molecular weight excluding hydrogens is 444 g/mol. The number of halogens is 1. The number of nitrogens with zero attached hydrogens (tertiary/aromatic N) is 2. The second kappa shape index (κ2) is 8.67. The summed E-state index contributed by atoms with van der Waals surface area (Å²) in [7, 11) is 0. The van der Waals surface area contributed by atoms with Crippen molar-refractivity contribution in [3.63, 3.8) is 0 Å². The number of aromatic nitrogens is 3. The lowest BCUT2D eigenvalue weighted by Crippen LogP contribution is -2.20. The van der Waals surface area contributed by atoms with E-state index in [0.29, 0.717) is 17.3 Å². The predicted molar refractivity (Wildman–Crippen MR) is 122 cm³/mol. The number of aromatic amines is 1. The molecule has 3 aromatic carbocycles. The van der Waals surface area contributed by atoms with Crippen LogP contribution in [-0.2, 0) is 4.79 Å². The van der Waals surface area contributed by atoms with Crippen LogP contribution in [0.15, 0.2) is 65.1 Å². The highest BCUT2D eigenvalue weighted by Crippen LogP contribution is 2.26. The van der Waals surface area contributed by atoms with Crippen LogP contribution in [0.2, 0.25) is 0 Å². The number of H-pyrrole nitrogens is 1. The summed E-state index contributed by atoms with van der Waals surface area (Å²) in [5, 5.41) is 12.3. The molecule has 0 bridgehead atoms. The molecule has 0 atom stereocenters. The summed E-state index contributed by atoms with van der Waals surface area (Å²) in [5.74, 6) is 1.99. The van der Waals surface area contributed by atoms with Crippen LogP contribution < -0.4 is 10.1 Å². The quantitative estimate of drug-likeness (QED) is 0.393. The van der Waals surface area contributed by atoms with E-state index in [9.17, 15) is 4.79 Å². The van der Waals surface area contributed by atoms with Crippen LogP contribution in [0.25, 0.3) is 22.2 Å². The Hall–Kier alpha value is -3.19. The molecule has 0 aliphatic rings. The summed E-state index contributed by atoms with van der Waals surface area (Å²) in [5.41, 5.74) is 1.40. The van der Waals surface area contributed by atoms with Crippen LogP contribution in [-0.4, -0.2) is 27.7 Å². The molecule has 0 radical (unpaired) electrons. The van der Waals surface area contributed by atoms with Gasteiger partial charge < -0.3 is 10.1 Å². The summed E-state index contributed by atoms with van der Waals surface area (Å²) in [6.45, 7) is 3.99. The van der Waals surface area contributed by atoms with Gasteiger partial charge in [0.15, 0.2) is 12.4 Å². The minimum Gasteiger partial charge on any atom is -0.484 e. The van der Waals surface area contributed by atoms with Gasteiger partial charge in [0.05, 0.1) is 5.69 Å². The molecule has 0 spiro atoms. The topological polar surface area (TPSA) is 79.9 Å². The predicted octanol–water partition coefficient (Wildman–Crippen LogP) is 5.53. The molecule has 1 amide bonds. The van der Waals surface area contributed by atoms with Crippen molar-refractivity contribution in [2.24, 2.45) is 0 Å². The van der Waals surface area contributed by atoms with Crippen LogP contribution in [0, 0.1) is 0 Å². The van der Waals surface area contributed by atoms with E-state index in [-0.39, 0.29) is 18.4 Å². The molecule has 4 aromatic rings. The minimum atomic E-state index is -0.252. The maximum atomic E-state index is 12.5. The third-order valence-corrected chi connectivity index (χ3v) is 5.13. The first-order chi connectivity index (χ1) is 14.5. The molecule has 1 aromatic heterocycles. The Morgan fingerprint density at radius 3 is 2.67 bits per heavy atom. The number of benzene rings is 3. The Kier molecular flexibility index (Phi) is 5.81. The summed E-state index contributed by atoms with van der Waals surface area (Å²) >= 11 is 3.47. The number of rotatable bonds is 6. The van der Waals surface area contributed by atoms with Gasteiger partial charge in [0, 0.05) is 16.0 Å². The van der Waals surface area contributed by atoms with E-state index in [0.717, 1.165) is 26.6 Å². The Balaban J connectivity index is 1.45. The fourth-order valence-electron chi connectivity index (χ4n) is 3.06. The van der Waals surface area contributed by atoms with E-state index in [1.807, 2.05) is 74.5 Å². The molecule has 0 aliphatic heterocycles. The second-order valence-electron chi connectivity index (χ2n) is 7.23. The van der Waals surface area contributed by atoms with E-state index in [1.165, 1.54) is 0 Å². The highest BCUT2D eigenvalue weighted by atomic mass is 79.9. The first-order valence-corrected chi connectivity index (χ1v) is 10.4. The van der Waals surface area contributed by atoms with Crippen LogP contribution >= 0.6 is 15.9 Å². The third-order valence-electron chi connectivity index (χ3n) is 4.64. The number of fused-ring (bicyclic) bond motifs is 1. The molecule has 6 nitrogen and oxygen atoms in total. The van der Waals surface area contributed by atoms with Crippen LogP contribution in [0.5, 0.6) is 5.75 Å². The molecule has 0 saturated heterocycles. The van der Waals surface area contributed by atoms with Gasteiger partial charge >= 0.3 is 0 Å². The van der Waals surface area contributed by atoms with E-state index in [1.54, 1.807) is 0 Å². The number of amides is 1. The number of para-hydroxylation sites is 1. The Morgan fingerprint density at radius 1 is 1.10 bits per heavy atom. The standard InChI is InChI=1S/C23H21BrN4O2/c1-14(2)22-26-23(28-27-22)19-5-3-4-6-20(19)25-21(29)13-30-18-10-8-15-11-17(24)9-7-16(15)12-18/h3-12,14H,13H2,1-2H3,(H,25,29)(H,26,27,28). The smallest absolute Gasteiger partial charge is 0.262 e. The van der Waals surface area contributed by atoms with Gasteiger partial charge in [-0.05, 0) is 47.2 Å². The maximum Gasteiger partial charge on any atom is 0.262 e. The lowest BCUT2D eigenvalue weighted by atomic mass is 10.1. The molecule has 7 heteroatoms. The van der Waals surface area contributed by atoms with Crippen molar-refractivity contribution >= 4 is 38.3 Å². The largest absolute Gasteiger partial charge is 0.484 e. The van der Waals surface area contributed by atoms with E-state index in [4.69, 9.17) is 4.74 Å². The van der Waals surface area contributed by atoms with Gasteiger partial charge in [-0.2, -0.15) is 5.10 Å². The first kappa shape index (κ1) is 20.1. The van der Waals surface area contributed by atoms with Crippen LogP contribution in [0.1, 0.15) is 25.6 Å². The van der Waals surface area contributed by atoms with Crippen molar-refractivity contribution < 1.29 is 9.53 Å². The van der Waals surface area contributed by atoms with Gasteiger partial charge in [-0.15, -0.1) is 0 Å². The zero-order valence-electron chi connectivity index (χ0n) is 16.6. The van der Waals surface area contributed by atoms with Crippen molar-refractivity contribution in [3.05, 3.63) is 71.0 Å². The molecule has 0 fully saturated rings. The van der Waals surface area contributed by atoms with Gasteiger partial charge in [-0.3, -0.25) is 9.89 Å². The molecule has 1 heterocycles. The number of anilines is 1. The van der Waals surface area contributed by atoms with Crippen molar-refractivity contribution in [1.29, 1.82) is 0 Å². The maximum absolute atomic E-state index is 12.5. The highest BCUT2D eigenvalue weighted by Gasteiger charge is 2.14.